The first-order valence-corrected chi connectivity index (χ1v) is 7.58. The van der Waals surface area contributed by atoms with Crippen LogP contribution in [0.3, 0.4) is 0 Å². The van der Waals surface area contributed by atoms with Crippen molar-refractivity contribution in [1.82, 2.24) is 15.6 Å². The molecule has 0 saturated carbocycles. The van der Waals surface area contributed by atoms with E-state index in [0.717, 1.165) is 25.5 Å². The second kappa shape index (κ2) is 8.17. The molecule has 22 heavy (non-hydrogen) atoms. The van der Waals surface area contributed by atoms with Crippen LogP contribution in [0.2, 0.25) is 0 Å². The first-order valence-electron chi connectivity index (χ1n) is 7.58. The standard InChI is InChI=1S/C18H24N4/c1-14-6-7-17(15(2)11-14)13-22-18(19-3)21-10-8-16-5-4-9-20-12-16/h4-7,9,11-12H,8,10,13H2,1-3H3,(H2,19,21,22). The van der Waals surface area contributed by atoms with Crippen molar-refractivity contribution in [3.05, 3.63) is 65.0 Å². The van der Waals surface area contributed by atoms with Gasteiger partial charge in [0, 0.05) is 32.5 Å². The Labute approximate surface area is 132 Å². The van der Waals surface area contributed by atoms with Crippen molar-refractivity contribution in [3.8, 4) is 0 Å². The van der Waals surface area contributed by atoms with Gasteiger partial charge < -0.3 is 10.6 Å². The number of guanidine groups is 1. The topological polar surface area (TPSA) is 49.3 Å². The van der Waals surface area contributed by atoms with Crippen LogP contribution in [0.1, 0.15) is 22.3 Å². The second-order valence-corrected chi connectivity index (χ2v) is 5.39. The molecule has 2 N–H and O–H groups in total. The van der Waals surface area contributed by atoms with Crippen molar-refractivity contribution in [2.45, 2.75) is 26.8 Å². The predicted octanol–water partition coefficient (Wildman–Crippen LogP) is 2.61. The van der Waals surface area contributed by atoms with Crippen molar-refractivity contribution in [2.24, 2.45) is 4.99 Å². The fourth-order valence-electron chi connectivity index (χ4n) is 2.31. The van der Waals surface area contributed by atoms with E-state index in [2.05, 4.69) is 58.7 Å². The molecule has 4 nitrogen and oxygen atoms in total. The zero-order valence-electron chi connectivity index (χ0n) is 13.6. The molecular weight excluding hydrogens is 272 g/mol. The van der Waals surface area contributed by atoms with Crippen LogP contribution < -0.4 is 10.6 Å². The van der Waals surface area contributed by atoms with Crippen molar-refractivity contribution in [1.29, 1.82) is 0 Å². The van der Waals surface area contributed by atoms with E-state index in [4.69, 9.17) is 0 Å². The fourth-order valence-corrected chi connectivity index (χ4v) is 2.31. The van der Waals surface area contributed by atoms with E-state index in [0.29, 0.717) is 0 Å². The van der Waals surface area contributed by atoms with Gasteiger partial charge in [0.05, 0.1) is 0 Å². The maximum atomic E-state index is 4.26. The van der Waals surface area contributed by atoms with Crippen LogP contribution in [0.5, 0.6) is 0 Å². The average Bonchev–Trinajstić information content (AvgIpc) is 2.53. The van der Waals surface area contributed by atoms with Gasteiger partial charge in [-0.2, -0.15) is 0 Å². The third kappa shape index (κ3) is 4.88. The molecule has 0 aliphatic rings. The highest BCUT2D eigenvalue weighted by molar-refractivity contribution is 5.79. The van der Waals surface area contributed by atoms with Crippen LogP contribution in [0.4, 0.5) is 0 Å². The van der Waals surface area contributed by atoms with Crippen molar-refractivity contribution < 1.29 is 0 Å². The number of nitrogens with one attached hydrogen (secondary N) is 2. The molecule has 0 unspecified atom stereocenters. The lowest BCUT2D eigenvalue weighted by Gasteiger charge is -2.13. The molecule has 0 bridgehead atoms. The van der Waals surface area contributed by atoms with Crippen LogP contribution in [0.25, 0.3) is 0 Å². The minimum absolute atomic E-state index is 0.776. The Kier molecular flexibility index (Phi) is 5.95. The van der Waals surface area contributed by atoms with Crippen molar-refractivity contribution in [2.75, 3.05) is 13.6 Å². The van der Waals surface area contributed by atoms with Gasteiger partial charge in [0.15, 0.2) is 5.96 Å². The number of rotatable bonds is 5. The molecule has 1 aromatic heterocycles. The summed E-state index contributed by atoms with van der Waals surface area (Å²) >= 11 is 0. The van der Waals surface area contributed by atoms with Gasteiger partial charge in [-0.05, 0) is 43.0 Å². The van der Waals surface area contributed by atoms with E-state index in [1.165, 1.54) is 22.3 Å². The first-order chi connectivity index (χ1) is 10.7. The smallest absolute Gasteiger partial charge is 0.191 e. The Morgan fingerprint density at radius 2 is 2.05 bits per heavy atom. The Hall–Kier alpha value is -2.36. The summed E-state index contributed by atoms with van der Waals surface area (Å²) in [5, 5.41) is 6.69. The van der Waals surface area contributed by atoms with Crippen LogP contribution in [0.15, 0.2) is 47.7 Å². The number of pyridine rings is 1. The molecule has 0 saturated heterocycles. The van der Waals surface area contributed by atoms with Gasteiger partial charge in [-0.3, -0.25) is 9.98 Å². The molecule has 1 heterocycles. The normalized spacial score (nSPS) is 11.3. The van der Waals surface area contributed by atoms with Gasteiger partial charge in [-0.15, -0.1) is 0 Å². The molecule has 0 atom stereocenters. The quantitative estimate of drug-likeness (QED) is 0.658. The molecule has 0 spiro atoms. The fraction of sp³-hybridized carbons (Fsp3) is 0.333. The Morgan fingerprint density at radius 1 is 1.18 bits per heavy atom. The highest BCUT2D eigenvalue weighted by Gasteiger charge is 2.01. The zero-order chi connectivity index (χ0) is 15.8. The highest BCUT2D eigenvalue weighted by Crippen LogP contribution is 2.09. The summed E-state index contributed by atoms with van der Waals surface area (Å²) in [4.78, 5) is 8.38. The molecule has 0 aliphatic carbocycles. The van der Waals surface area contributed by atoms with Gasteiger partial charge in [-0.1, -0.05) is 29.8 Å². The summed E-state index contributed by atoms with van der Waals surface area (Å²) < 4.78 is 0. The first kappa shape index (κ1) is 16.0. The molecule has 0 aliphatic heterocycles. The van der Waals surface area contributed by atoms with E-state index < -0.39 is 0 Å². The minimum atomic E-state index is 0.776. The lowest BCUT2D eigenvalue weighted by Crippen LogP contribution is -2.38. The summed E-state index contributed by atoms with van der Waals surface area (Å²) in [6, 6.07) is 10.6. The van der Waals surface area contributed by atoms with Gasteiger partial charge in [-0.25, -0.2) is 0 Å². The van der Waals surface area contributed by atoms with Gasteiger partial charge in [0.25, 0.3) is 0 Å². The molecular formula is C18H24N4. The number of hydrogen-bond acceptors (Lipinski definition) is 2. The number of aromatic nitrogens is 1. The van der Waals surface area contributed by atoms with E-state index in [9.17, 15) is 0 Å². The van der Waals surface area contributed by atoms with Crippen LogP contribution >= 0.6 is 0 Å². The third-order valence-electron chi connectivity index (χ3n) is 3.60. The summed E-state index contributed by atoms with van der Waals surface area (Å²) in [6.45, 7) is 5.86. The number of aliphatic imine (C=N–C) groups is 1. The summed E-state index contributed by atoms with van der Waals surface area (Å²) in [6.07, 6.45) is 4.62. The van der Waals surface area contributed by atoms with E-state index in [1.807, 2.05) is 12.3 Å². The molecule has 1 aromatic carbocycles. The monoisotopic (exact) mass is 296 g/mol. The molecule has 0 fully saturated rings. The van der Waals surface area contributed by atoms with E-state index in [-0.39, 0.29) is 0 Å². The summed E-state index contributed by atoms with van der Waals surface area (Å²) in [7, 11) is 1.79. The van der Waals surface area contributed by atoms with E-state index >= 15 is 0 Å². The molecule has 0 radical (unpaired) electrons. The van der Waals surface area contributed by atoms with Crippen LogP contribution in [-0.4, -0.2) is 24.5 Å². The van der Waals surface area contributed by atoms with Crippen molar-refractivity contribution in [3.63, 3.8) is 0 Å². The molecule has 2 aromatic rings. The Bertz CT molecular complexity index is 620. The molecule has 0 amide bonds. The third-order valence-corrected chi connectivity index (χ3v) is 3.60. The number of aryl methyl sites for hydroxylation is 2. The van der Waals surface area contributed by atoms with Gasteiger partial charge >= 0.3 is 0 Å². The Morgan fingerprint density at radius 3 is 2.73 bits per heavy atom. The average molecular weight is 296 g/mol. The molecule has 2 rings (SSSR count). The van der Waals surface area contributed by atoms with Crippen molar-refractivity contribution >= 4 is 5.96 Å². The maximum Gasteiger partial charge on any atom is 0.191 e. The SMILES string of the molecule is CN=C(NCCc1cccnc1)NCc1ccc(C)cc1C. The minimum Gasteiger partial charge on any atom is -0.356 e. The number of nitrogens with zero attached hydrogens (tertiary/aromatic N) is 2. The second-order valence-electron chi connectivity index (χ2n) is 5.39. The lowest BCUT2D eigenvalue weighted by atomic mass is 10.1. The van der Waals surface area contributed by atoms with Gasteiger partial charge in [0.2, 0.25) is 0 Å². The molecule has 116 valence electrons. The zero-order valence-corrected chi connectivity index (χ0v) is 13.6. The van der Waals surface area contributed by atoms with Gasteiger partial charge in [0.1, 0.15) is 0 Å². The predicted molar refractivity (Wildman–Crippen MR) is 92.1 cm³/mol. The van der Waals surface area contributed by atoms with E-state index in [1.54, 1.807) is 13.2 Å². The molecule has 4 heteroatoms. The summed E-state index contributed by atoms with van der Waals surface area (Å²) in [5.41, 5.74) is 5.11. The largest absolute Gasteiger partial charge is 0.356 e. The lowest BCUT2D eigenvalue weighted by molar-refractivity contribution is 0.791. The maximum absolute atomic E-state index is 4.26. The van der Waals surface area contributed by atoms with Crippen LogP contribution in [-0.2, 0) is 13.0 Å². The number of benzene rings is 1. The highest BCUT2D eigenvalue weighted by atomic mass is 15.2. The van der Waals surface area contributed by atoms with Crippen LogP contribution in [0, 0.1) is 13.8 Å². The summed E-state index contributed by atoms with van der Waals surface area (Å²) in [5.74, 6) is 0.823. The Balaban J connectivity index is 1.80. The number of hydrogen-bond donors (Lipinski definition) is 2.